The van der Waals surface area contributed by atoms with E-state index in [4.69, 9.17) is 19.0 Å². The van der Waals surface area contributed by atoms with Gasteiger partial charge < -0.3 is 18.6 Å². The number of rotatable bonds is 6. The number of benzene rings is 1. The van der Waals surface area contributed by atoms with Crippen molar-refractivity contribution in [3.8, 4) is 17.0 Å². The van der Waals surface area contributed by atoms with Gasteiger partial charge in [0.2, 0.25) is 5.88 Å². The fraction of sp³-hybridized carbons (Fsp3) is 0.345. The lowest BCUT2D eigenvalue weighted by atomic mass is 9.86. The summed E-state index contributed by atoms with van der Waals surface area (Å²) in [6.45, 7) is 4.73. The van der Waals surface area contributed by atoms with E-state index in [1.165, 1.54) is 19.4 Å². The molecule has 1 aliphatic heterocycles. The van der Waals surface area contributed by atoms with E-state index in [0.717, 1.165) is 17.4 Å². The third kappa shape index (κ3) is 4.24. The Bertz CT molecular complexity index is 1840. The largest absolute Gasteiger partial charge is 0.480 e. The first-order chi connectivity index (χ1) is 19.2. The summed E-state index contributed by atoms with van der Waals surface area (Å²) in [6, 6.07) is 8.02. The van der Waals surface area contributed by atoms with Gasteiger partial charge in [0.1, 0.15) is 22.0 Å². The maximum absolute atomic E-state index is 15.6. The van der Waals surface area contributed by atoms with Gasteiger partial charge in [-0.3, -0.25) is 4.98 Å². The Morgan fingerprint density at radius 1 is 1.12 bits per heavy atom. The molecule has 1 fully saturated rings. The predicted octanol–water partition coefficient (Wildman–Crippen LogP) is 5.42. The van der Waals surface area contributed by atoms with E-state index in [1.807, 2.05) is 24.5 Å². The van der Waals surface area contributed by atoms with E-state index in [9.17, 15) is 8.42 Å². The summed E-state index contributed by atoms with van der Waals surface area (Å²) >= 11 is 0. The van der Waals surface area contributed by atoms with Crippen molar-refractivity contribution in [2.75, 3.05) is 26.6 Å². The van der Waals surface area contributed by atoms with Crippen molar-refractivity contribution in [3.05, 3.63) is 65.6 Å². The first-order valence-corrected chi connectivity index (χ1v) is 14.9. The van der Waals surface area contributed by atoms with Gasteiger partial charge in [-0.1, -0.05) is 23.4 Å². The Kier molecular flexibility index (Phi) is 6.58. The number of ether oxygens (including phenoxy) is 2. The number of pyridine rings is 2. The van der Waals surface area contributed by atoms with E-state index in [-0.39, 0.29) is 22.5 Å². The molecule has 11 heteroatoms. The number of halogens is 1. The first kappa shape index (κ1) is 26.4. The standard InChI is InChI=1S/C29H29FN4O5S/c1-16-24(17(2)39-33-16)19-13-22-26(31-14-19)25-28(23(40(4,35)36)15-32-29(25)37-3)34(22)27(18-9-11-38-12-10-18)20-7-5-6-8-21(20)30/h5-8,13-15,18,27H,9-12H2,1-4H3/t27-/m0/s1. The molecule has 9 nitrogen and oxygen atoms in total. The minimum atomic E-state index is -3.76. The average molecular weight is 565 g/mol. The molecule has 0 radical (unpaired) electrons. The van der Waals surface area contributed by atoms with Crippen LogP contribution in [0.1, 0.15) is 35.9 Å². The van der Waals surface area contributed by atoms with Crippen LogP contribution in [0.2, 0.25) is 0 Å². The highest BCUT2D eigenvalue weighted by atomic mass is 32.2. The van der Waals surface area contributed by atoms with Gasteiger partial charge in [-0.2, -0.15) is 0 Å². The normalized spacial score (nSPS) is 15.6. The Labute approximate surface area is 230 Å². The lowest BCUT2D eigenvalue weighted by Gasteiger charge is -2.33. The first-order valence-electron chi connectivity index (χ1n) is 13.0. The molecule has 0 aliphatic carbocycles. The highest BCUT2D eigenvalue weighted by Crippen LogP contribution is 2.45. The molecule has 208 valence electrons. The molecule has 0 N–H and O–H groups in total. The number of hydrogen-bond donors (Lipinski definition) is 0. The number of methoxy groups -OCH3 is 1. The minimum absolute atomic E-state index is 0.0218. The second kappa shape index (κ2) is 9.97. The molecular weight excluding hydrogens is 535 g/mol. The number of hydrogen-bond acceptors (Lipinski definition) is 8. The second-order valence-electron chi connectivity index (χ2n) is 10.2. The zero-order chi connectivity index (χ0) is 28.2. The molecule has 0 saturated carbocycles. The summed E-state index contributed by atoms with van der Waals surface area (Å²) < 4.78 is 60.7. The SMILES string of the molecule is COc1ncc(S(C)(=O)=O)c2c1c1ncc(-c3c(C)noc3C)cc1n2[C@H](c1ccccc1F)C1CCOCC1. The fourth-order valence-corrected chi connectivity index (χ4v) is 6.76. The molecule has 1 atom stereocenters. The van der Waals surface area contributed by atoms with Gasteiger partial charge >= 0.3 is 0 Å². The number of fused-ring (bicyclic) bond motifs is 3. The molecule has 4 aromatic heterocycles. The highest BCUT2D eigenvalue weighted by Gasteiger charge is 2.35. The van der Waals surface area contributed by atoms with Gasteiger partial charge in [-0.05, 0) is 44.7 Å². The van der Waals surface area contributed by atoms with Crippen molar-refractivity contribution in [1.82, 2.24) is 19.7 Å². The molecule has 0 amide bonds. The summed E-state index contributed by atoms with van der Waals surface area (Å²) in [5.41, 5.74) is 4.23. The van der Waals surface area contributed by atoms with Crippen LogP contribution in [-0.4, -0.2) is 54.7 Å². The summed E-state index contributed by atoms with van der Waals surface area (Å²) in [4.78, 5) is 9.19. The topological polar surface area (TPSA) is 109 Å². The Balaban J connectivity index is 1.81. The maximum atomic E-state index is 15.6. The molecule has 1 aromatic carbocycles. The lowest BCUT2D eigenvalue weighted by molar-refractivity contribution is 0.0548. The number of nitrogens with zero attached hydrogens (tertiary/aromatic N) is 4. The number of aryl methyl sites for hydroxylation is 2. The average Bonchev–Trinajstić information content (AvgIpc) is 3.45. The lowest BCUT2D eigenvalue weighted by Crippen LogP contribution is -2.28. The molecule has 5 heterocycles. The molecule has 0 spiro atoms. The van der Waals surface area contributed by atoms with Crippen molar-refractivity contribution in [2.45, 2.75) is 37.6 Å². The highest BCUT2D eigenvalue weighted by molar-refractivity contribution is 7.91. The van der Waals surface area contributed by atoms with Crippen LogP contribution in [0.15, 0.2) is 52.1 Å². The van der Waals surface area contributed by atoms with Gasteiger partial charge in [0, 0.05) is 42.4 Å². The van der Waals surface area contributed by atoms with Crippen LogP contribution in [0.4, 0.5) is 4.39 Å². The Morgan fingerprint density at radius 2 is 1.88 bits per heavy atom. The maximum Gasteiger partial charge on any atom is 0.224 e. The molecule has 1 aliphatic rings. The van der Waals surface area contributed by atoms with Crippen LogP contribution in [-0.2, 0) is 14.6 Å². The van der Waals surface area contributed by atoms with E-state index >= 15 is 4.39 Å². The van der Waals surface area contributed by atoms with Crippen molar-refractivity contribution in [2.24, 2.45) is 5.92 Å². The third-order valence-electron chi connectivity index (χ3n) is 7.72. The number of sulfone groups is 1. The molecule has 1 saturated heterocycles. The molecular formula is C29H29FN4O5S. The predicted molar refractivity (Wildman–Crippen MR) is 148 cm³/mol. The van der Waals surface area contributed by atoms with Crippen molar-refractivity contribution < 1.29 is 26.8 Å². The Hall–Kier alpha value is -3.83. The van der Waals surface area contributed by atoms with Crippen LogP contribution in [0.25, 0.3) is 33.1 Å². The molecule has 5 aromatic rings. The number of aromatic nitrogens is 4. The summed E-state index contributed by atoms with van der Waals surface area (Å²) in [5.74, 6) is 0.458. The zero-order valence-electron chi connectivity index (χ0n) is 22.6. The second-order valence-corrected chi connectivity index (χ2v) is 12.2. The molecule has 0 bridgehead atoms. The third-order valence-corrected chi connectivity index (χ3v) is 8.82. The van der Waals surface area contributed by atoms with Crippen molar-refractivity contribution in [3.63, 3.8) is 0 Å². The quantitative estimate of drug-likeness (QED) is 0.269. The van der Waals surface area contributed by atoms with Gasteiger partial charge in [0.25, 0.3) is 0 Å². The summed E-state index contributed by atoms with van der Waals surface area (Å²) in [6.07, 6.45) is 5.51. The smallest absolute Gasteiger partial charge is 0.224 e. The van der Waals surface area contributed by atoms with Gasteiger partial charge in [0.15, 0.2) is 9.84 Å². The van der Waals surface area contributed by atoms with Crippen molar-refractivity contribution >= 4 is 31.8 Å². The van der Waals surface area contributed by atoms with E-state index in [0.29, 0.717) is 65.0 Å². The van der Waals surface area contributed by atoms with Crippen molar-refractivity contribution in [1.29, 1.82) is 0 Å². The summed E-state index contributed by atoms with van der Waals surface area (Å²) in [7, 11) is -2.28. The fourth-order valence-electron chi connectivity index (χ4n) is 5.97. The van der Waals surface area contributed by atoms with Crippen LogP contribution >= 0.6 is 0 Å². The van der Waals surface area contributed by atoms with Crippen LogP contribution in [0, 0.1) is 25.6 Å². The molecule has 0 unspecified atom stereocenters. The molecule has 6 rings (SSSR count). The van der Waals surface area contributed by atoms with Gasteiger partial charge in [0.05, 0.1) is 41.5 Å². The Morgan fingerprint density at radius 3 is 2.52 bits per heavy atom. The minimum Gasteiger partial charge on any atom is -0.480 e. The van der Waals surface area contributed by atoms with Crippen LogP contribution < -0.4 is 4.74 Å². The van der Waals surface area contributed by atoms with E-state index < -0.39 is 15.9 Å². The zero-order valence-corrected chi connectivity index (χ0v) is 23.5. The van der Waals surface area contributed by atoms with Crippen LogP contribution in [0.3, 0.4) is 0 Å². The van der Waals surface area contributed by atoms with Gasteiger partial charge in [-0.25, -0.2) is 17.8 Å². The van der Waals surface area contributed by atoms with Crippen LogP contribution in [0.5, 0.6) is 5.88 Å². The summed E-state index contributed by atoms with van der Waals surface area (Å²) in [5, 5.41) is 4.55. The van der Waals surface area contributed by atoms with Gasteiger partial charge in [-0.15, -0.1) is 0 Å². The van der Waals surface area contributed by atoms with E-state index in [2.05, 4.69) is 10.1 Å². The monoisotopic (exact) mass is 564 g/mol. The molecule has 40 heavy (non-hydrogen) atoms. The van der Waals surface area contributed by atoms with E-state index in [1.54, 1.807) is 24.4 Å².